The number of sulfonamides is 1. The van der Waals surface area contributed by atoms with Gasteiger partial charge in [0.05, 0.1) is 13.2 Å². The molecule has 2 rings (SSSR count). The molecule has 0 aromatic rings. The lowest BCUT2D eigenvalue weighted by Crippen LogP contribution is -2.60. The second-order valence-corrected chi connectivity index (χ2v) is 9.37. The Morgan fingerprint density at radius 1 is 1.10 bits per heavy atom. The van der Waals surface area contributed by atoms with Gasteiger partial charge in [-0.05, 0) is 31.6 Å². The van der Waals surface area contributed by atoms with Crippen LogP contribution in [0.25, 0.3) is 0 Å². The van der Waals surface area contributed by atoms with Gasteiger partial charge in [0.1, 0.15) is 5.72 Å². The second kappa shape index (κ2) is 8.30. The molecule has 0 N–H and O–H groups in total. The maximum atomic E-state index is 14.3. The van der Waals surface area contributed by atoms with E-state index >= 15 is 0 Å². The first-order valence-corrected chi connectivity index (χ1v) is 10.4. The summed E-state index contributed by atoms with van der Waals surface area (Å²) in [6, 6.07) is 0. The Balaban J connectivity index is 2.36. The summed E-state index contributed by atoms with van der Waals surface area (Å²) in [7, 11) is -6.42. The summed E-state index contributed by atoms with van der Waals surface area (Å²) in [6.07, 6.45) is -18.4. The van der Waals surface area contributed by atoms with Crippen LogP contribution in [-0.2, 0) is 24.2 Å². The van der Waals surface area contributed by atoms with Gasteiger partial charge in [-0.15, -0.1) is 0 Å². The number of hydrogen-bond acceptors (Lipinski definition) is 5. The Hall–Kier alpha value is -0.770. The number of halogens is 8. The van der Waals surface area contributed by atoms with Crippen molar-refractivity contribution in [2.75, 3.05) is 13.2 Å². The first kappa shape index (κ1) is 25.5. The summed E-state index contributed by atoms with van der Waals surface area (Å²) in [5.41, 5.74) is -1.94. The second-order valence-electron chi connectivity index (χ2n) is 7.46. The fraction of sp³-hybridized carbons (Fsp3) is 1.00. The minimum absolute atomic E-state index is 0.0326. The van der Waals surface area contributed by atoms with E-state index < -0.39 is 52.5 Å². The number of alkyl halides is 8. The van der Waals surface area contributed by atoms with Crippen molar-refractivity contribution in [2.45, 2.75) is 75.4 Å². The third-order valence-corrected chi connectivity index (χ3v) is 6.54. The zero-order valence-corrected chi connectivity index (χ0v) is 16.7. The highest BCUT2D eigenvalue weighted by molar-refractivity contribution is 7.90. The summed E-state index contributed by atoms with van der Waals surface area (Å²) in [4.78, 5) is 0. The molecule has 0 aromatic heterocycles. The van der Waals surface area contributed by atoms with E-state index in [0.717, 1.165) is 0 Å². The molecule has 1 aliphatic heterocycles. The average molecular weight is 479 g/mol. The third kappa shape index (κ3) is 4.54. The lowest BCUT2D eigenvalue weighted by Gasteiger charge is -2.36. The van der Waals surface area contributed by atoms with Crippen LogP contribution in [-0.4, -0.2) is 61.8 Å². The Kier molecular flexibility index (Phi) is 7.05. The smallest absolute Gasteiger partial charge is 0.351 e. The number of ether oxygens (including phenoxy) is 3. The van der Waals surface area contributed by atoms with Crippen LogP contribution in [0.4, 0.5) is 35.1 Å². The molecule has 0 radical (unpaired) electrons. The van der Waals surface area contributed by atoms with Crippen molar-refractivity contribution in [3.8, 4) is 0 Å². The molecule has 30 heavy (non-hydrogen) atoms. The molecular weight excluding hydrogens is 458 g/mol. The van der Waals surface area contributed by atoms with E-state index in [-0.39, 0.29) is 29.7 Å². The molecule has 1 spiro atoms. The molecule has 1 saturated carbocycles. The molecule has 2 aliphatic rings. The number of hydrogen-bond donors (Lipinski definition) is 0. The van der Waals surface area contributed by atoms with Crippen molar-refractivity contribution in [2.24, 2.45) is 5.92 Å². The minimum Gasteiger partial charge on any atom is -0.351 e. The van der Waals surface area contributed by atoms with Crippen LogP contribution in [0.3, 0.4) is 0 Å². The van der Waals surface area contributed by atoms with E-state index in [1.165, 1.54) is 0 Å². The highest BCUT2D eigenvalue weighted by Crippen LogP contribution is 2.51. The van der Waals surface area contributed by atoms with Crippen molar-refractivity contribution in [3.63, 3.8) is 0 Å². The average Bonchev–Trinajstić information content (AvgIpc) is 3.19. The third-order valence-electron chi connectivity index (χ3n) is 4.59. The summed E-state index contributed by atoms with van der Waals surface area (Å²) in [5, 5.41) is -6.30. The maximum absolute atomic E-state index is 14.3. The Labute approximate surface area is 167 Å². The summed E-state index contributed by atoms with van der Waals surface area (Å²) in [6.45, 7) is 2.57. The first-order valence-electron chi connectivity index (χ1n) is 8.92. The van der Waals surface area contributed by atoms with Crippen LogP contribution in [0, 0.1) is 5.92 Å². The van der Waals surface area contributed by atoms with Gasteiger partial charge in [0.15, 0.2) is 6.29 Å². The van der Waals surface area contributed by atoms with Gasteiger partial charge in [-0.1, -0.05) is 13.8 Å². The fourth-order valence-electron chi connectivity index (χ4n) is 3.20. The number of rotatable bonds is 9. The van der Waals surface area contributed by atoms with Gasteiger partial charge < -0.3 is 9.47 Å². The Morgan fingerprint density at radius 2 is 1.63 bits per heavy atom. The molecule has 1 saturated heterocycles. The van der Waals surface area contributed by atoms with E-state index in [0.29, 0.717) is 12.8 Å². The van der Waals surface area contributed by atoms with Gasteiger partial charge in [-0.2, -0.15) is 30.6 Å². The summed E-state index contributed by atoms with van der Waals surface area (Å²) >= 11 is 0. The standard InChI is InChI=1S/C15H21F8NO5S/c1-9(2)8-27-10-7-24(12(28-10)5-3-4-6-12)30(25,26)15(22,23)14(20,21)29-13(18,19)11(16)17/h9-11H,3-8H2,1-2H3. The molecule has 6 nitrogen and oxygen atoms in total. The van der Waals surface area contributed by atoms with Gasteiger partial charge in [0.25, 0.3) is 10.0 Å². The zero-order chi connectivity index (χ0) is 23.2. The predicted molar refractivity (Wildman–Crippen MR) is 84.4 cm³/mol. The molecule has 0 amide bonds. The normalized spacial score (nSPS) is 23.9. The van der Waals surface area contributed by atoms with Gasteiger partial charge in [-0.25, -0.2) is 21.9 Å². The zero-order valence-electron chi connectivity index (χ0n) is 15.9. The van der Waals surface area contributed by atoms with Crippen molar-refractivity contribution in [3.05, 3.63) is 0 Å². The van der Waals surface area contributed by atoms with Gasteiger partial charge in [-0.3, -0.25) is 0 Å². The molecule has 1 unspecified atom stereocenters. The molecule has 15 heteroatoms. The molecule has 0 bridgehead atoms. The lowest BCUT2D eigenvalue weighted by molar-refractivity contribution is -0.435. The maximum Gasteiger partial charge on any atom is 0.449 e. The molecule has 178 valence electrons. The van der Waals surface area contributed by atoms with E-state index in [1.54, 1.807) is 13.8 Å². The van der Waals surface area contributed by atoms with Crippen LogP contribution in [0.1, 0.15) is 39.5 Å². The van der Waals surface area contributed by atoms with Crippen LogP contribution in [0.2, 0.25) is 0 Å². The van der Waals surface area contributed by atoms with Crippen LogP contribution in [0.15, 0.2) is 0 Å². The number of nitrogens with zero attached hydrogens (tertiary/aromatic N) is 1. The first-order chi connectivity index (χ1) is 13.5. The van der Waals surface area contributed by atoms with Crippen molar-refractivity contribution >= 4 is 10.0 Å². The Bertz CT molecular complexity index is 712. The summed E-state index contributed by atoms with van der Waals surface area (Å²) < 4.78 is 144. The van der Waals surface area contributed by atoms with Crippen molar-refractivity contribution in [1.82, 2.24) is 4.31 Å². The van der Waals surface area contributed by atoms with Gasteiger partial charge in [0.2, 0.25) is 0 Å². The van der Waals surface area contributed by atoms with E-state index in [4.69, 9.17) is 9.47 Å². The fourth-order valence-corrected chi connectivity index (χ4v) is 4.80. The van der Waals surface area contributed by atoms with Crippen LogP contribution >= 0.6 is 0 Å². The Morgan fingerprint density at radius 3 is 2.10 bits per heavy atom. The topological polar surface area (TPSA) is 65.1 Å². The van der Waals surface area contributed by atoms with Crippen molar-refractivity contribution in [1.29, 1.82) is 0 Å². The molecule has 2 fully saturated rings. The van der Waals surface area contributed by atoms with Gasteiger partial charge >= 0.3 is 23.9 Å². The largest absolute Gasteiger partial charge is 0.449 e. The minimum atomic E-state index is -6.47. The molecule has 1 atom stereocenters. The van der Waals surface area contributed by atoms with Crippen LogP contribution in [0.5, 0.6) is 0 Å². The highest BCUT2D eigenvalue weighted by atomic mass is 32.2. The molecular formula is C15H21F8NO5S. The molecule has 1 heterocycles. The van der Waals surface area contributed by atoms with E-state index in [1.807, 2.05) is 0 Å². The molecule has 1 aliphatic carbocycles. The van der Waals surface area contributed by atoms with Crippen molar-refractivity contribution < 1.29 is 57.8 Å². The van der Waals surface area contributed by atoms with Gasteiger partial charge in [0, 0.05) is 0 Å². The quantitative estimate of drug-likeness (QED) is 0.469. The monoisotopic (exact) mass is 479 g/mol. The van der Waals surface area contributed by atoms with E-state index in [9.17, 15) is 43.5 Å². The predicted octanol–water partition coefficient (Wildman–Crippen LogP) is 3.98. The van der Waals surface area contributed by atoms with Crippen LogP contribution < -0.4 is 0 Å². The molecule has 0 aromatic carbocycles. The highest BCUT2D eigenvalue weighted by Gasteiger charge is 2.75. The van der Waals surface area contributed by atoms with E-state index in [2.05, 4.69) is 4.74 Å². The summed E-state index contributed by atoms with van der Waals surface area (Å²) in [5.74, 6) is -0.0606. The lowest BCUT2D eigenvalue weighted by atomic mass is 10.2. The SMILES string of the molecule is CC(C)COC1CN(S(=O)(=O)C(F)(F)C(F)(F)OC(F)(F)C(F)F)C2(CCCC2)O1.